The molecule has 0 aromatic heterocycles. The normalized spacial score (nSPS) is 12.9. The third-order valence-electron chi connectivity index (χ3n) is 4.80. The van der Waals surface area contributed by atoms with Crippen molar-refractivity contribution < 1.29 is 14.3 Å². The van der Waals surface area contributed by atoms with Gasteiger partial charge in [0.05, 0.1) is 14.2 Å². The first kappa shape index (κ1) is 20.7. The van der Waals surface area contributed by atoms with E-state index in [0.717, 1.165) is 12.0 Å². The Morgan fingerprint density at radius 3 is 2.41 bits per heavy atom. The summed E-state index contributed by atoms with van der Waals surface area (Å²) in [5.74, 6) is 1.53. The van der Waals surface area contributed by atoms with E-state index in [9.17, 15) is 4.79 Å². The van der Waals surface area contributed by atoms with Gasteiger partial charge in [-0.1, -0.05) is 42.5 Å². The number of ether oxygens (including phenoxy) is 2. The molecule has 0 saturated carbocycles. The Hall–Kier alpha value is -2.59. The lowest BCUT2D eigenvalue weighted by Crippen LogP contribution is -2.28. The van der Waals surface area contributed by atoms with Crippen molar-refractivity contribution in [2.75, 3.05) is 14.2 Å². The summed E-state index contributed by atoms with van der Waals surface area (Å²) in [6, 6.07) is 15.6. The number of carbonyl (C=O) groups is 1. The first-order valence-corrected chi connectivity index (χ1v) is 9.24. The van der Waals surface area contributed by atoms with Gasteiger partial charge < -0.3 is 15.2 Å². The molecule has 4 nitrogen and oxygen atoms in total. The Balaban J connectivity index is 1.91. The van der Waals surface area contributed by atoms with Crippen molar-refractivity contribution in [1.29, 1.82) is 0 Å². The molecule has 2 aromatic carbocycles. The SMILES string of the molecule is C=CC(c1ccc(OC)c(OC)c1)C(N)CCC(=O)CCc1ccccc1. The molecular formula is C23H29NO3. The van der Waals surface area contributed by atoms with E-state index in [4.69, 9.17) is 15.2 Å². The Morgan fingerprint density at radius 2 is 1.78 bits per heavy atom. The van der Waals surface area contributed by atoms with Gasteiger partial charge in [-0.3, -0.25) is 4.79 Å². The summed E-state index contributed by atoms with van der Waals surface area (Å²) in [6.45, 7) is 3.92. The van der Waals surface area contributed by atoms with Crippen molar-refractivity contribution in [3.63, 3.8) is 0 Å². The molecule has 0 aliphatic rings. The summed E-state index contributed by atoms with van der Waals surface area (Å²) in [4.78, 5) is 12.2. The number of aryl methyl sites for hydroxylation is 1. The van der Waals surface area contributed by atoms with Crippen LogP contribution in [0.1, 0.15) is 36.3 Å². The molecule has 0 spiro atoms. The van der Waals surface area contributed by atoms with Crippen molar-refractivity contribution in [1.82, 2.24) is 0 Å². The maximum atomic E-state index is 12.2. The van der Waals surface area contributed by atoms with Gasteiger partial charge in [-0.2, -0.15) is 0 Å². The quantitative estimate of drug-likeness (QED) is 0.602. The lowest BCUT2D eigenvalue weighted by Gasteiger charge is -2.22. The summed E-state index contributed by atoms with van der Waals surface area (Å²) in [7, 11) is 3.21. The van der Waals surface area contributed by atoms with Crippen LogP contribution in [0.4, 0.5) is 0 Å². The molecule has 4 heteroatoms. The van der Waals surface area contributed by atoms with E-state index >= 15 is 0 Å². The number of carbonyl (C=O) groups excluding carboxylic acids is 1. The molecule has 0 saturated heterocycles. The molecule has 0 aliphatic heterocycles. The van der Waals surface area contributed by atoms with Crippen LogP contribution in [0.5, 0.6) is 11.5 Å². The minimum absolute atomic E-state index is 0.0493. The standard InChI is InChI=1S/C23H29NO3/c1-4-20(18-11-15-22(26-2)23(16-18)27-3)21(24)14-13-19(25)12-10-17-8-6-5-7-9-17/h4-9,11,15-16,20-21H,1,10,12-14,24H2,2-3H3. The van der Waals surface area contributed by atoms with Gasteiger partial charge in [0.2, 0.25) is 0 Å². The van der Waals surface area contributed by atoms with Crippen molar-refractivity contribution >= 4 is 5.78 Å². The number of Topliss-reactive ketones (excluding diaryl/α,β-unsaturated/α-hetero) is 1. The maximum Gasteiger partial charge on any atom is 0.161 e. The van der Waals surface area contributed by atoms with Gasteiger partial charge in [0.1, 0.15) is 5.78 Å². The molecule has 0 aliphatic carbocycles. The average Bonchev–Trinajstić information content (AvgIpc) is 2.71. The molecule has 0 amide bonds. The van der Waals surface area contributed by atoms with Gasteiger partial charge in [0.25, 0.3) is 0 Å². The summed E-state index contributed by atoms with van der Waals surface area (Å²) in [6.07, 6.45) is 4.26. The van der Waals surface area contributed by atoms with Gasteiger partial charge in [0.15, 0.2) is 11.5 Å². The molecule has 0 radical (unpaired) electrons. The molecule has 0 fully saturated rings. The lowest BCUT2D eigenvalue weighted by molar-refractivity contribution is -0.119. The number of benzene rings is 2. The third-order valence-corrected chi connectivity index (χ3v) is 4.80. The van der Waals surface area contributed by atoms with Crippen LogP contribution in [0.15, 0.2) is 61.2 Å². The number of methoxy groups -OCH3 is 2. The fourth-order valence-corrected chi connectivity index (χ4v) is 3.18. The highest BCUT2D eigenvalue weighted by molar-refractivity contribution is 5.78. The smallest absolute Gasteiger partial charge is 0.161 e. The first-order chi connectivity index (χ1) is 13.1. The minimum atomic E-state index is -0.179. The topological polar surface area (TPSA) is 61.6 Å². The number of nitrogens with two attached hydrogens (primary N) is 1. The fourth-order valence-electron chi connectivity index (χ4n) is 3.18. The highest BCUT2D eigenvalue weighted by Crippen LogP contribution is 2.32. The molecule has 2 atom stereocenters. The van der Waals surface area contributed by atoms with Crippen LogP contribution in [0.2, 0.25) is 0 Å². The maximum absolute atomic E-state index is 12.2. The molecule has 2 N–H and O–H groups in total. The molecule has 2 unspecified atom stereocenters. The zero-order valence-electron chi connectivity index (χ0n) is 16.2. The van der Waals surface area contributed by atoms with Crippen molar-refractivity contribution in [2.45, 2.75) is 37.6 Å². The number of ketones is 1. The monoisotopic (exact) mass is 367 g/mol. The van der Waals surface area contributed by atoms with Gasteiger partial charge in [-0.05, 0) is 36.1 Å². The molecular weight excluding hydrogens is 338 g/mol. The van der Waals surface area contributed by atoms with Crippen LogP contribution in [0.3, 0.4) is 0 Å². The highest BCUT2D eigenvalue weighted by Gasteiger charge is 2.19. The molecule has 0 heterocycles. The van der Waals surface area contributed by atoms with E-state index in [0.29, 0.717) is 30.8 Å². The second kappa shape index (κ2) is 10.5. The average molecular weight is 367 g/mol. The molecule has 0 bridgehead atoms. The van der Waals surface area contributed by atoms with Crippen LogP contribution in [0, 0.1) is 0 Å². The molecule has 27 heavy (non-hydrogen) atoms. The molecule has 2 rings (SSSR count). The van der Waals surface area contributed by atoms with Crippen LogP contribution >= 0.6 is 0 Å². The second-order valence-corrected chi connectivity index (χ2v) is 6.60. The molecule has 2 aromatic rings. The fraction of sp³-hybridized carbons (Fsp3) is 0.348. The Morgan fingerprint density at radius 1 is 1.07 bits per heavy atom. The van der Waals surface area contributed by atoms with Gasteiger partial charge >= 0.3 is 0 Å². The summed E-state index contributed by atoms with van der Waals surface area (Å²) < 4.78 is 10.6. The lowest BCUT2D eigenvalue weighted by atomic mass is 9.88. The van der Waals surface area contributed by atoms with Crippen LogP contribution in [-0.4, -0.2) is 26.0 Å². The summed E-state index contributed by atoms with van der Waals surface area (Å²) in [5.41, 5.74) is 8.57. The van der Waals surface area contributed by atoms with Gasteiger partial charge in [-0.25, -0.2) is 0 Å². The van der Waals surface area contributed by atoms with Crippen molar-refractivity contribution in [2.24, 2.45) is 5.73 Å². The van der Waals surface area contributed by atoms with Crippen molar-refractivity contribution in [3.05, 3.63) is 72.3 Å². The Kier molecular flexibility index (Phi) is 8.08. The zero-order chi connectivity index (χ0) is 19.6. The Labute approximate surface area is 162 Å². The number of hydrogen-bond donors (Lipinski definition) is 1. The molecule has 144 valence electrons. The number of rotatable bonds is 11. The van der Waals surface area contributed by atoms with Gasteiger partial charge in [-0.15, -0.1) is 6.58 Å². The van der Waals surface area contributed by atoms with Crippen LogP contribution in [0.25, 0.3) is 0 Å². The summed E-state index contributed by atoms with van der Waals surface area (Å²) >= 11 is 0. The van der Waals surface area contributed by atoms with E-state index in [2.05, 4.69) is 6.58 Å². The predicted molar refractivity (Wildman–Crippen MR) is 109 cm³/mol. The summed E-state index contributed by atoms with van der Waals surface area (Å²) in [5, 5.41) is 0. The minimum Gasteiger partial charge on any atom is -0.493 e. The van der Waals surface area contributed by atoms with E-state index in [1.807, 2.05) is 54.6 Å². The largest absolute Gasteiger partial charge is 0.493 e. The first-order valence-electron chi connectivity index (χ1n) is 9.24. The highest BCUT2D eigenvalue weighted by atomic mass is 16.5. The van der Waals surface area contributed by atoms with Crippen LogP contribution in [-0.2, 0) is 11.2 Å². The van der Waals surface area contributed by atoms with Gasteiger partial charge in [0, 0.05) is 24.8 Å². The predicted octanol–water partition coefficient (Wildman–Crippen LogP) is 4.28. The van der Waals surface area contributed by atoms with Crippen molar-refractivity contribution in [3.8, 4) is 11.5 Å². The third kappa shape index (κ3) is 5.97. The van der Waals surface area contributed by atoms with E-state index < -0.39 is 0 Å². The zero-order valence-corrected chi connectivity index (χ0v) is 16.2. The Bertz CT molecular complexity index is 743. The second-order valence-electron chi connectivity index (χ2n) is 6.60. The van der Waals surface area contributed by atoms with E-state index in [1.54, 1.807) is 14.2 Å². The number of hydrogen-bond acceptors (Lipinski definition) is 4. The van der Waals surface area contributed by atoms with E-state index in [-0.39, 0.29) is 17.7 Å². The van der Waals surface area contributed by atoms with Crippen LogP contribution < -0.4 is 15.2 Å². The van der Waals surface area contributed by atoms with E-state index in [1.165, 1.54) is 5.56 Å².